The largest absolute Gasteiger partial charge is 0.494 e. The van der Waals surface area contributed by atoms with Gasteiger partial charge in [-0.25, -0.2) is 4.99 Å². The lowest BCUT2D eigenvalue weighted by Crippen LogP contribution is -2.43. The molecule has 2 rings (SSSR count). The van der Waals surface area contributed by atoms with Crippen molar-refractivity contribution in [1.82, 2.24) is 5.32 Å². The molecule has 5 nitrogen and oxygen atoms in total. The van der Waals surface area contributed by atoms with E-state index in [9.17, 15) is 4.79 Å². The van der Waals surface area contributed by atoms with E-state index in [1.165, 1.54) is 7.11 Å². The maximum absolute atomic E-state index is 12.0. The predicted molar refractivity (Wildman–Crippen MR) is 84.7 cm³/mol. The molecule has 1 aliphatic rings. The van der Waals surface area contributed by atoms with Crippen molar-refractivity contribution in [2.45, 2.75) is 19.9 Å². The Morgan fingerprint density at radius 1 is 1.38 bits per heavy atom. The van der Waals surface area contributed by atoms with Gasteiger partial charge in [0.15, 0.2) is 5.11 Å². The van der Waals surface area contributed by atoms with Crippen LogP contribution in [0.1, 0.15) is 25.5 Å². The van der Waals surface area contributed by atoms with E-state index in [-0.39, 0.29) is 12.0 Å². The molecule has 0 bridgehead atoms. The van der Waals surface area contributed by atoms with E-state index in [1.807, 2.05) is 31.2 Å². The molecule has 2 atom stereocenters. The molecule has 0 saturated heterocycles. The molecule has 0 radical (unpaired) electrons. The highest BCUT2D eigenvalue weighted by atomic mass is 32.1. The van der Waals surface area contributed by atoms with Gasteiger partial charge in [0.25, 0.3) is 0 Å². The Kier molecular flexibility index (Phi) is 4.90. The second kappa shape index (κ2) is 6.67. The van der Waals surface area contributed by atoms with Gasteiger partial charge in [0, 0.05) is 5.71 Å². The molecule has 1 N–H and O–H groups in total. The first-order valence-corrected chi connectivity index (χ1v) is 7.14. The maximum Gasteiger partial charge on any atom is 0.316 e. The van der Waals surface area contributed by atoms with Crippen molar-refractivity contribution in [3.63, 3.8) is 0 Å². The zero-order valence-corrected chi connectivity index (χ0v) is 13.1. The lowest BCUT2D eigenvalue weighted by Gasteiger charge is -2.30. The van der Waals surface area contributed by atoms with E-state index in [2.05, 4.69) is 10.3 Å². The molecule has 1 aromatic carbocycles. The lowest BCUT2D eigenvalue weighted by atomic mass is 9.88. The Hall–Kier alpha value is -1.95. The number of nitrogens with zero attached hydrogens (tertiary/aromatic N) is 1. The number of benzene rings is 1. The fourth-order valence-corrected chi connectivity index (χ4v) is 2.64. The van der Waals surface area contributed by atoms with Gasteiger partial charge in [-0.05, 0) is 43.8 Å². The van der Waals surface area contributed by atoms with Crippen LogP contribution in [-0.2, 0) is 9.53 Å². The molecule has 0 aromatic heterocycles. The topological polar surface area (TPSA) is 59.9 Å². The number of carbonyl (C=O) groups excluding carboxylic acids is 1. The Morgan fingerprint density at radius 3 is 2.62 bits per heavy atom. The molecule has 0 amide bonds. The summed E-state index contributed by atoms with van der Waals surface area (Å²) in [6.45, 7) is 4.33. The third-order valence-corrected chi connectivity index (χ3v) is 3.55. The monoisotopic (exact) mass is 306 g/mol. The van der Waals surface area contributed by atoms with E-state index >= 15 is 0 Å². The number of ether oxygens (including phenoxy) is 2. The summed E-state index contributed by atoms with van der Waals surface area (Å²) in [5.74, 6) is -0.0237. The molecule has 0 aliphatic carbocycles. The normalized spacial score (nSPS) is 21.3. The van der Waals surface area contributed by atoms with Crippen molar-refractivity contribution in [2.75, 3.05) is 13.7 Å². The maximum atomic E-state index is 12.0. The molecule has 1 aromatic rings. The molecule has 2 unspecified atom stereocenters. The van der Waals surface area contributed by atoms with Crippen LogP contribution in [0.25, 0.3) is 0 Å². The third kappa shape index (κ3) is 3.39. The summed E-state index contributed by atoms with van der Waals surface area (Å²) in [5, 5.41) is 3.46. The van der Waals surface area contributed by atoms with Crippen LogP contribution in [0.5, 0.6) is 5.75 Å². The van der Waals surface area contributed by atoms with Crippen LogP contribution in [0.15, 0.2) is 29.3 Å². The molecule has 1 aliphatic heterocycles. The SMILES string of the molecule is CCOc1ccc(C2NC(=S)N=C(C)C2C(=O)OC)cc1. The number of hydrogen-bond donors (Lipinski definition) is 1. The predicted octanol–water partition coefficient (Wildman–Crippen LogP) is 2.26. The highest BCUT2D eigenvalue weighted by molar-refractivity contribution is 7.80. The van der Waals surface area contributed by atoms with E-state index in [1.54, 1.807) is 6.92 Å². The smallest absolute Gasteiger partial charge is 0.316 e. The summed E-state index contributed by atoms with van der Waals surface area (Å²) < 4.78 is 10.3. The minimum Gasteiger partial charge on any atom is -0.494 e. The van der Waals surface area contributed by atoms with Crippen LogP contribution >= 0.6 is 12.2 Å². The third-order valence-electron chi connectivity index (χ3n) is 3.35. The second-order valence-corrected chi connectivity index (χ2v) is 5.07. The summed E-state index contributed by atoms with van der Waals surface area (Å²) in [4.78, 5) is 16.2. The Bertz CT molecular complexity index is 569. The summed E-state index contributed by atoms with van der Waals surface area (Å²) >= 11 is 5.13. The molecular formula is C15H18N2O3S. The summed E-state index contributed by atoms with van der Waals surface area (Å²) in [6, 6.07) is 7.30. The summed E-state index contributed by atoms with van der Waals surface area (Å²) in [7, 11) is 1.37. The van der Waals surface area contributed by atoms with Crippen LogP contribution < -0.4 is 10.1 Å². The number of thiocarbonyl (C=S) groups is 1. The number of rotatable bonds is 4. The van der Waals surface area contributed by atoms with Gasteiger partial charge >= 0.3 is 5.97 Å². The van der Waals surface area contributed by atoms with Crippen LogP contribution in [0, 0.1) is 5.92 Å². The van der Waals surface area contributed by atoms with Gasteiger partial charge in [0.05, 0.1) is 19.8 Å². The molecular weight excluding hydrogens is 288 g/mol. The zero-order valence-electron chi connectivity index (χ0n) is 12.3. The van der Waals surface area contributed by atoms with E-state index in [4.69, 9.17) is 21.7 Å². The van der Waals surface area contributed by atoms with Gasteiger partial charge in [-0.15, -0.1) is 0 Å². The van der Waals surface area contributed by atoms with Gasteiger partial charge in [0.1, 0.15) is 11.7 Å². The minimum absolute atomic E-state index is 0.280. The van der Waals surface area contributed by atoms with Crippen molar-refractivity contribution in [2.24, 2.45) is 10.9 Å². The summed E-state index contributed by atoms with van der Waals surface area (Å²) in [5.41, 5.74) is 1.59. The van der Waals surface area contributed by atoms with Crippen LogP contribution in [0.4, 0.5) is 0 Å². The van der Waals surface area contributed by atoms with E-state index < -0.39 is 5.92 Å². The van der Waals surface area contributed by atoms with Gasteiger partial charge in [-0.3, -0.25) is 4.79 Å². The molecule has 6 heteroatoms. The average molecular weight is 306 g/mol. The average Bonchev–Trinajstić information content (AvgIpc) is 2.47. The van der Waals surface area contributed by atoms with Crippen LogP contribution in [-0.4, -0.2) is 30.5 Å². The van der Waals surface area contributed by atoms with Crippen molar-refractivity contribution in [1.29, 1.82) is 0 Å². The first kappa shape index (κ1) is 15.4. The first-order chi connectivity index (χ1) is 10.1. The van der Waals surface area contributed by atoms with Gasteiger partial charge < -0.3 is 14.8 Å². The van der Waals surface area contributed by atoms with Crippen LogP contribution in [0.2, 0.25) is 0 Å². The number of esters is 1. The highest BCUT2D eigenvalue weighted by Gasteiger charge is 2.36. The summed E-state index contributed by atoms with van der Waals surface area (Å²) in [6.07, 6.45) is 0. The number of aliphatic imine (C=N–C) groups is 1. The van der Waals surface area contributed by atoms with Crippen molar-refractivity contribution in [3.8, 4) is 5.75 Å². The zero-order chi connectivity index (χ0) is 15.4. The molecule has 21 heavy (non-hydrogen) atoms. The first-order valence-electron chi connectivity index (χ1n) is 6.73. The van der Waals surface area contributed by atoms with Gasteiger partial charge in [-0.2, -0.15) is 0 Å². The van der Waals surface area contributed by atoms with E-state index in [0.29, 0.717) is 17.4 Å². The Balaban J connectivity index is 2.32. The fraction of sp³-hybridized carbons (Fsp3) is 0.400. The number of hydrogen-bond acceptors (Lipinski definition) is 4. The molecule has 0 saturated carbocycles. The molecule has 0 fully saturated rings. The van der Waals surface area contributed by atoms with Crippen molar-refractivity contribution in [3.05, 3.63) is 29.8 Å². The van der Waals surface area contributed by atoms with Crippen LogP contribution in [0.3, 0.4) is 0 Å². The molecule has 1 heterocycles. The van der Waals surface area contributed by atoms with E-state index in [0.717, 1.165) is 11.3 Å². The van der Waals surface area contributed by atoms with Gasteiger partial charge in [-0.1, -0.05) is 12.1 Å². The minimum atomic E-state index is -0.486. The van der Waals surface area contributed by atoms with Crippen molar-refractivity contribution < 1.29 is 14.3 Å². The fourth-order valence-electron chi connectivity index (χ4n) is 2.37. The quantitative estimate of drug-likeness (QED) is 0.683. The second-order valence-electron chi connectivity index (χ2n) is 4.68. The number of carbonyl (C=O) groups is 1. The number of nitrogens with one attached hydrogen (secondary N) is 1. The number of methoxy groups -OCH3 is 1. The van der Waals surface area contributed by atoms with Crippen molar-refractivity contribution >= 4 is 29.0 Å². The Labute approximate surface area is 129 Å². The molecule has 0 spiro atoms. The highest BCUT2D eigenvalue weighted by Crippen LogP contribution is 2.29. The Morgan fingerprint density at radius 2 is 2.05 bits per heavy atom. The lowest BCUT2D eigenvalue weighted by molar-refractivity contribution is -0.143. The van der Waals surface area contributed by atoms with Gasteiger partial charge in [0.2, 0.25) is 0 Å². The molecule has 112 valence electrons. The standard InChI is InChI=1S/C15H18N2O3S/c1-4-20-11-7-5-10(6-8-11)13-12(14(18)19-3)9(2)16-15(21)17-13/h5-8,12-13H,4H2,1-3H3,(H,17,21).